The molecule has 4 rings (SSSR count). The third kappa shape index (κ3) is 8.03. The molecule has 0 radical (unpaired) electrons. The third-order valence-electron chi connectivity index (χ3n) is 8.39. The van der Waals surface area contributed by atoms with Crippen molar-refractivity contribution in [3.63, 3.8) is 0 Å². The topological polar surface area (TPSA) is 9.23 Å². The summed E-state index contributed by atoms with van der Waals surface area (Å²) in [4.78, 5) is 0. The molecule has 0 amide bonds. The molecule has 1 unspecified atom stereocenters. The SMILES string of the molecule is CCCCCCC1CCC(C2CC=C(C#Cc3ccc(-c4ccc(OCCC)cc4)cc3)CC2)CC1. The summed E-state index contributed by atoms with van der Waals surface area (Å²) in [7, 11) is 0. The van der Waals surface area contributed by atoms with Crippen LogP contribution in [0.5, 0.6) is 5.75 Å². The second kappa shape index (κ2) is 14.3. The molecule has 1 heteroatoms. The summed E-state index contributed by atoms with van der Waals surface area (Å²) in [5, 5.41) is 0. The van der Waals surface area contributed by atoms with Gasteiger partial charge >= 0.3 is 0 Å². The van der Waals surface area contributed by atoms with Crippen molar-refractivity contribution in [2.75, 3.05) is 6.61 Å². The molecule has 1 saturated carbocycles. The predicted molar refractivity (Wildman–Crippen MR) is 154 cm³/mol. The van der Waals surface area contributed by atoms with E-state index in [0.29, 0.717) is 0 Å². The van der Waals surface area contributed by atoms with Gasteiger partial charge in [-0.3, -0.25) is 0 Å². The molecule has 2 aliphatic rings. The lowest BCUT2D eigenvalue weighted by Gasteiger charge is -2.35. The fraction of sp³-hybridized carbons (Fsp3) is 0.543. The summed E-state index contributed by atoms with van der Waals surface area (Å²) in [5.41, 5.74) is 4.88. The third-order valence-corrected chi connectivity index (χ3v) is 8.39. The van der Waals surface area contributed by atoms with E-state index in [0.717, 1.165) is 42.1 Å². The van der Waals surface area contributed by atoms with E-state index in [2.05, 4.69) is 80.3 Å². The number of allylic oxidation sites excluding steroid dienone is 2. The van der Waals surface area contributed by atoms with E-state index >= 15 is 0 Å². The van der Waals surface area contributed by atoms with Crippen molar-refractivity contribution in [2.24, 2.45) is 17.8 Å². The highest BCUT2D eigenvalue weighted by atomic mass is 16.5. The fourth-order valence-electron chi connectivity index (χ4n) is 6.07. The molecule has 2 aromatic rings. The number of rotatable bonds is 10. The van der Waals surface area contributed by atoms with Gasteiger partial charge in [0.25, 0.3) is 0 Å². The normalized spacial score (nSPS) is 21.8. The number of hydrogen-bond donors (Lipinski definition) is 0. The van der Waals surface area contributed by atoms with Gasteiger partial charge < -0.3 is 4.74 Å². The van der Waals surface area contributed by atoms with Crippen molar-refractivity contribution >= 4 is 0 Å². The first-order valence-corrected chi connectivity index (χ1v) is 14.8. The van der Waals surface area contributed by atoms with E-state index in [4.69, 9.17) is 4.74 Å². The molecule has 1 nitrogen and oxygen atoms in total. The molecule has 2 aliphatic carbocycles. The van der Waals surface area contributed by atoms with Gasteiger partial charge in [0.2, 0.25) is 0 Å². The lowest BCUT2D eigenvalue weighted by molar-refractivity contribution is 0.186. The summed E-state index contributed by atoms with van der Waals surface area (Å²) in [6.07, 6.45) is 20.3. The molecular formula is C35H46O. The molecule has 1 atom stereocenters. The van der Waals surface area contributed by atoms with E-state index < -0.39 is 0 Å². The molecule has 1 fully saturated rings. The molecule has 0 aromatic heterocycles. The Hall–Kier alpha value is -2.46. The molecule has 0 spiro atoms. The standard InChI is InChI=1S/C35H46O/c1-3-5-6-7-8-28-11-17-31(18-12-28)32-19-13-29(14-20-32)9-10-30-15-21-33(22-16-30)34-23-25-35(26-24-34)36-27-4-2/h13,15-16,21-26,28,31-32H,3-8,11-12,14,17-20,27H2,1-2H3. The Balaban J connectivity index is 1.23. The summed E-state index contributed by atoms with van der Waals surface area (Å²) >= 11 is 0. The van der Waals surface area contributed by atoms with Gasteiger partial charge in [0.1, 0.15) is 5.75 Å². The van der Waals surface area contributed by atoms with Crippen LogP contribution in [0.2, 0.25) is 0 Å². The first-order valence-electron chi connectivity index (χ1n) is 14.8. The Bertz CT molecular complexity index is 993. The van der Waals surface area contributed by atoms with Gasteiger partial charge in [-0.1, -0.05) is 101 Å². The first-order chi connectivity index (χ1) is 17.7. The van der Waals surface area contributed by atoms with Gasteiger partial charge in [0, 0.05) is 5.56 Å². The summed E-state index contributed by atoms with van der Waals surface area (Å²) in [5.74, 6) is 10.7. The zero-order valence-corrected chi connectivity index (χ0v) is 22.7. The lowest BCUT2D eigenvalue weighted by Crippen LogP contribution is -2.23. The summed E-state index contributed by atoms with van der Waals surface area (Å²) in [6.45, 7) is 5.20. The monoisotopic (exact) mass is 482 g/mol. The molecule has 0 saturated heterocycles. The highest BCUT2D eigenvalue weighted by molar-refractivity contribution is 5.65. The second-order valence-electron chi connectivity index (χ2n) is 11.1. The average molecular weight is 483 g/mol. The first kappa shape index (κ1) is 26.6. The van der Waals surface area contributed by atoms with E-state index in [1.165, 1.54) is 93.7 Å². The van der Waals surface area contributed by atoms with Crippen molar-refractivity contribution in [3.8, 4) is 28.7 Å². The van der Waals surface area contributed by atoms with Crippen LogP contribution in [0.25, 0.3) is 11.1 Å². The van der Waals surface area contributed by atoms with Crippen LogP contribution in [-0.4, -0.2) is 6.61 Å². The number of unbranched alkanes of at least 4 members (excludes halogenated alkanes) is 3. The van der Waals surface area contributed by atoms with Crippen LogP contribution in [0.1, 0.15) is 103 Å². The van der Waals surface area contributed by atoms with Crippen molar-refractivity contribution < 1.29 is 4.74 Å². The van der Waals surface area contributed by atoms with Crippen LogP contribution in [-0.2, 0) is 0 Å². The fourth-order valence-corrected chi connectivity index (χ4v) is 6.07. The second-order valence-corrected chi connectivity index (χ2v) is 11.1. The maximum atomic E-state index is 5.70. The smallest absolute Gasteiger partial charge is 0.119 e. The number of ether oxygens (including phenoxy) is 1. The molecule has 2 aromatic carbocycles. The molecule has 0 aliphatic heterocycles. The highest BCUT2D eigenvalue weighted by Gasteiger charge is 2.28. The highest BCUT2D eigenvalue weighted by Crippen LogP contribution is 2.40. The molecule has 192 valence electrons. The van der Waals surface area contributed by atoms with Crippen LogP contribution in [0, 0.1) is 29.6 Å². The van der Waals surface area contributed by atoms with Crippen LogP contribution in [0.4, 0.5) is 0 Å². The van der Waals surface area contributed by atoms with Crippen LogP contribution >= 0.6 is 0 Å². The Morgan fingerprint density at radius 3 is 2.08 bits per heavy atom. The van der Waals surface area contributed by atoms with Crippen LogP contribution in [0.15, 0.2) is 60.2 Å². The van der Waals surface area contributed by atoms with Crippen molar-refractivity contribution in [1.29, 1.82) is 0 Å². The van der Waals surface area contributed by atoms with Crippen LogP contribution < -0.4 is 4.74 Å². The minimum Gasteiger partial charge on any atom is -0.494 e. The van der Waals surface area contributed by atoms with Gasteiger partial charge in [0.15, 0.2) is 0 Å². The number of hydrogen-bond acceptors (Lipinski definition) is 1. The van der Waals surface area contributed by atoms with Crippen molar-refractivity contribution in [1.82, 2.24) is 0 Å². The minimum atomic E-state index is 0.768. The predicted octanol–water partition coefficient (Wildman–Crippen LogP) is 10.00. The zero-order valence-electron chi connectivity index (χ0n) is 22.7. The van der Waals surface area contributed by atoms with E-state index in [1.807, 2.05) is 0 Å². The van der Waals surface area contributed by atoms with Crippen LogP contribution in [0.3, 0.4) is 0 Å². The molecule has 0 bridgehead atoms. The Morgan fingerprint density at radius 1 is 0.722 bits per heavy atom. The quantitative estimate of drug-likeness (QED) is 0.242. The minimum absolute atomic E-state index is 0.768. The maximum absolute atomic E-state index is 5.70. The Kier molecular flexibility index (Phi) is 10.6. The zero-order chi connectivity index (χ0) is 25.0. The molecule has 36 heavy (non-hydrogen) atoms. The van der Waals surface area contributed by atoms with Gasteiger partial charge in [-0.25, -0.2) is 0 Å². The summed E-state index contributed by atoms with van der Waals surface area (Å²) in [6, 6.07) is 17.0. The average Bonchev–Trinajstić information content (AvgIpc) is 2.94. The van der Waals surface area contributed by atoms with Gasteiger partial charge in [0.05, 0.1) is 6.61 Å². The Labute approximate surface area is 220 Å². The van der Waals surface area contributed by atoms with Gasteiger partial charge in [-0.2, -0.15) is 0 Å². The van der Waals surface area contributed by atoms with Gasteiger partial charge in [-0.05, 0) is 97.2 Å². The molecule has 0 heterocycles. The lowest BCUT2D eigenvalue weighted by atomic mass is 9.70. The summed E-state index contributed by atoms with van der Waals surface area (Å²) < 4.78 is 5.70. The van der Waals surface area contributed by atoms with Crippen molar-refractivity contribution in [2.45, 2.75) is 97.3 Å². The largest absolute Gasteiger partial charge is 0.494 e. The number of benzene rings is 2. The Morgan fingerprint density at radius 2 is 1.44 bits per heavy atom. The maximum Gasteiger partial charge on any atom is 0.119 e. The molecular weight excluding hydrogens is 436 g/mol. The van der Waals surface area contributed by atoms with E-state index in [9.17, 15) is 0 Å². The molecule has 0 N–H and O–H groups in total. The van der Waals surface area contributed by atoms with Gasteiger partial charge in [-0.15, -0.1) is 0 Å². The van der Waals surface area contributed by atoms with E-state index in [1.54, 1.807) is 0 Å². The van der Waals surface area contributed by atoms with Crippen molar-refractivity contribution in [3.05, 3.63) is 65.7 Å². The van der Waals surface area contributed by atoms with E-state index in [-0.39, 0.29) is 0 Å².